The Morgan fingerprint density at radius 3 is 2.61 bits per heavy atom. The van der Waals surface area contributed by atoms with Gasteiger partial charge in [-0.1, -0.05) is 11.6 Å². The lowest BCUT2D eigenvalue weighted by Crippen LogP contribution is -2.50. The summed E-state index contributed by atoms with van der Waals surface area (Å²) in [6, 6.07) is 4.39. The minimum atomic E-state index is -3.54. The van der Waals surface area contributed by atoms with E-state index in [-0.39, 0.29) is 22.0 Å². The summed E-state index contributed by atoms with van der Waals surface area (Å²) >= 11 is 5.91. The van der Waals surface area contributed by atoms with Crippen LogP contribution < -0.4 is 15.2 Å². The van der Waals surface area contributed by atoms with Crippen molar-refractivity contribution in [1.82, 2.24) is 4.72 Å². The van der Waals surface area contributed by atoms with E-state index in [0.717, 1.165) is 0 Å². The van der Waals surface area contributed by atoms with Gasteiger partial charge in [0.05, 0.1) is 17.0 Å². The molecule has 1 fully saturated rings. The van der Waals surface area contributed by atoms with Gasteiger partial charge in [0.1, 0.15) is 5.75 Å². The van der Waals surface area contributed by atoms with Crippen LogP contribution in [-0.4, -0.2) is 27.6 Å². The summed E-state index contributed by atoms with van der Waals surface area (Å²) in [5.41, 5.74) is 5.62. The van der Waals surface area contributed by atoms with Crippen LogP contribution in [0.4, 0.5) is 0 Å². The lowest BCUT2D eigenvalue weighted by atomic mass is 9.89. The van der Waals surface area contributed by atoms with E-state index < -0.39 is 10.0 Å². The molecule has 0 radical (unpaired) electrons. The number of hydrogen-bond donors (Lipinski definition) is 2. The molecule has 0 unspecified atom stereocenters. The van der Waals surface area contributed by atoms with Crippen molar-refractivity contribution >= 4 is 21.6 Å². The Morgan fingerprint density at radius 1 is 1.44 bits per heavy atom. The second-order valence-electron chi connectivity index (χ2n) is 4.35. The van der Waals surface area contributed by atoms with Crippen LogP contribution in [0.2, 0.25) is 5.02 Å². The van der Waals surface area contributed by atoms with E-state index >= 15 is 0 Å². The largest absolute Gasteiger partial charge is 0.495 e. The van der Waals surface area contributed by atoms with Gasteiger partial charge < -0.3 is 10.5 Å². The van der Waals surface area contributed by atoms with E-state index in [2.05, 4.69) is 4.72 Å². The molecule has 0 amide bonds. The molecule has 1 aliphatic rings. The number of nitrogens with one attached hydrogen (secondary N) is 1. The summed E-state index contributed by atoms with van der Waals surface area (Å²) in [6.45, 7) is 0. The number of hydrogen-bond acceptors (Lipinski definition) is 4. The molecule has 0 heterocycles. The molecule has 1 aromatic rings. The Morgan fingerprint density at radius 2 is 2.11 bits per heavy atom. The van der Waals surface area contributed by atoms with Crippen LogP contribution in [0.15, 0.2) is 23.1 Å². The molecule has 0 aromatic heterocycles. The molecule has 100 valence electrons. The standard InChI is InChI=1S/C11H15ClN2O3S/c1-17-11-3-2-9(6-10(11)12)18(15,16)14-8-4-7(13)5-8/h2-3,6-8,14H,4-5,13H2,1H3. The van der Waals surface area contributed by atoms with E-state index in [4.69, 9.17) is 22.1 Å². The van der Waals surface area contributed by atoms with Crippen LogP contribution in [0.3, 0.4) is 0 Å². The number of sulfonamides is 1. The number of methoxy groups -OCH3 is 1. The predicted octanol–water partition coefficient (Wildman–Crippen LogP) is 1.12. The normalized spacial score (nSPS) is 23.5. The summed E-state index contributed by atoms with van der Waals surface area (Å²) < 4.78 is 31.7. The number of nitrogens with two attached hydrogens (primary N) is 1. The van der Waals surface area contributed by atoms with Crippen molar-refractivity contribution in [2.75, 3.05) is 7.11 Å². The molecular weight excluding hydrogens is 276 g/mol. The minimum Gasteiger partial charge on any atom is -0.495 e. The van der Waals surface area contributed by atoms with Crippen molar-refractivity contribution in [3.63, 3.8) is 0 Å². The third-order valence-corrected chi connectivity index (χ3v) is 4.74. The molecule has 5 nitrogen and oxygen atoms in total. The summed E-state index contributed by atoms with van der Waals surface area (Å²) in [6.07, 6.45) is 1.34. The van der Waals surface area contributed by atoms with E-state index in [1.165, 1.54) is 25.3 Å². The maximum absolute atomic E-state index is 12.0. The van der Waals surface area contributed by atoms with Gasteiger partial charge in [-0.2, -0.15) is 0 Å². The molecule has 1 aromatic carbocycles. The quantitative estimate of drug-likeness (QED) is 0.870. The first kappa shape index (κ1) is 13.6. The van der Waals surface area contributed by atoms with E-state index in [9.17, 15) is 8.42 Å². The number of halogens is 1. The molecule has 0 bridgehead atoms. The average molecular weight is 291 g/mol. The van der Waals surface area contributed by atoms with Gasteiger partial charge in [-0.3, -0.25) is 0 Å². The summed E-state index contributed by atoms with van der Waals surface area (Å²) in [4.78, 5) is 0.133. The second kappa shape index (κ2) is 5.05. The molecular formula is C11H15ClN2O3S. The van der Waals surface area contributed by atoms with Gasteiger partial charge in [0.2, 0.25) is 10.0 Å². The summed E-state index contributed by atoms with van der Waals surface area (Å²) in [5, 5.41) is 0.269. The monoisotopic (exact) mass is 290 g/mol. The topological polar surface area (TPSA) is 81.4 Å². The Labute approximate surface area is 111 Å². The first-order valence-electron chi connectivity index (χ1n) is 5.54. The molecule has 0 saturated heterocycles. The van der Waals surface area contributed by atoms with Crippen molar-refractivity contribution in [2.45, 2.75) is 29.8 Å². The van der Waals surface area contributed by atoms with Crippen LogP contribution in [0, 0.1) is 0 Å². The maximum atomic E-state index is 12.0. The van der Waals surface area contributed by atoms with Crippen molar-refractivity contribution in [2.24, 2.45) is 5.73 Å². The predicted molar refractivity (Wildman–Crippen MR) is 69.3 cm³/mol. The minimum absolute atomic E-state index is 0.0779. The molecule has 1 saturated carbocycles. The highest BCUT2D eigenvalue weighted by Crippen LogP contribution is 2.28. The first-order valence-corrected chi connectivity index (χ1v) is 7.40. The van der Waals surface area contributed by atoms with Crippen LogP contribution in [0.1, 0.15) is 12.8 Å². The van der Waals surface area contributed by atoms with Crippen LogP contribution >= 0.6 is 11.6 Å². The SMILES string of the molecule is COc1ccc(S(=O)(=O)NC2CC(N)C2)cc1Cl. The Balaban J connectivity index is 2.16. The highest BCUT2D eigenvalue weighted by atomic mass is 35.5. The van der Waals surface area contributed by atoms with Crippen LogP contribution in [0.5, 0.6) is 5.75 Å². The van der Waals surface area contributed by atoms with Gasteiger partial charge in [0.15, 0.2) is 0 Å². The van der Waals surface area contributed by atoms with Gasteiger partial charge in [-0.25, -0.2) is 13.1 Å². The van der Waals surface area contributed by atoms with E-state index in [1.54, 1.807) is 0 Å². The lowest BCUT2D eigenvalue weighted by molar-refractivity contribution is 0.327. The van der Waals surface area contributed by atoms with Crippen molar-refractivity contribution in [3.8, 4) is 5.75 Å². The van der Waals surface area contributed by atoms with Gasteiger partial charge in [-0.05, 0) is 31.0 Å². The Hall–Kier alpha value is -0.820. The van der Waals surface area contributed by atoms with Gasteiger partial charge in [-0.15, -0.1) is 0 Å². The third-order valence-electron chi connectivity index (χ3n) is 2.93. The summed E-state index contributed by atoms with van der Waals surface area (Å²) in [7, 11) is -2.06. The first-order chi connectivity index (χ1) is 8.42. The fourth-order valence-electron chi connectivity index (χ4n) is 1.86. The fraction of sp³-hybridized carbons (Fsp3) is 0.455. The van der Waals surface area contributed by atoms with Crippen LogP contribution in [-0.2, 0) is 10.0 Å². The van der Waals surface area contributed by atoms with Crippen molar-refractivity contribution < 1.29 is 13.2 Å². The molecule has 7 heteroatoms. The molecule has 0 aliphatic heterocycles. The zero-order valence-corrected chi connectivity index (χ0v) is 11.5. The molecule has 18 heavy (non-hydrogen) atoms. The third kappa shape index (κ3) is 2.77. The highest BCUT2D eigenvalue weighted by Gasteiger charge is 2.30. The highest BCUT2D eigenvalue weighted by molar-refractivity contribution is 7.89. The zero-order valence-electron chi connectivity index (χ0n) is 9.89. The second-order valence-corrected chi connectivity index (χ2v) is 6.47. The molecule has 2 rings (SSSR count). The average Bonchev–Trinajstić information content (AvgIpc) is 2.26. The smallest absolute Gasteiger partial charge is 0.240 e. The van der Waals surface area contributed by atoms with Gasteiger partial charge >= 0.3 is 0 Å². The number of rotatable bonds is 4. The molecule has 3 N–H and O–H groups in total. The van der Waals surface area contributed by atoms with Crippen LogP contribution in [0.25, 0.3) is 0 Å². The van der Waals surface area contributed by atoms with Gasteiger partial charge in [0.25, 0.3) is 0 Å². The van der Waals surface area contributed by atoms with Crippen molar-refractivity contribution in [1.29, 1.82) is 0 Å². The number of benzene rings is 1. The summed E-state index contributed by atoms with van der Waals surface area (Å²) in [5.74, 6) is 0.446. The number of ether oxygens (including phenoxy) is 1. The Kier molecular flexibility index (Phi) is 3.82. The maximum Gasteiger partial charge on any atom is 0.240 e. The molecule has 0 spiro atoms. The Bertz CT molecular complexity index is 541. The fourth-order valence-corrected chi connectivity index (χ4v) is 3.47. The zero-order chi connectivity index (χ0) is 13.3. The van der Waals surface area contributed by atoms with E-state index in [0.29, 0.717) is 18.6 Å². The van der Waals surface area contributed by atoms with E-state index in [1.807, 2.05) is 0 Å². The molecule has 1 aliphatic carbocycles. The lowest BCUT2D eigenvalue weighted by Gasteiger charge is -2.32. The van der Waals surface area contributed by atoms with Gasteiger partial charge in [0, 0.05) is 12.1 Å². The molecule has 0 atom stereocenters. The van der Waals surface area contributed by atoms with Crippen molar-refractivity contribution in [3.05, 3.63) is 23.2 Å².